The first-order valence-electron chi connectivity index (χ1n) is 3.48. The van der Waals surface area contributed by atoms with Gasteiger partial charge >= 0.3 is 58.4 Å². The molecule has 1 aromatic heterocycles. The van der Waals surface area contributed by atoms with Gasteiger partial charge in [-0.1, -0.05) is 17.7 Å². The number of aromatic nitrogens is 1. The second-order valence-corrected chi connectivity index (χ2v) is 2.79. The molecule has 0 aliphatic rings. The second-order valence-electron chi connectivity index (χ2n) is 2.38. The van der Waals surface area contributed by atoms with Crippen molar-refractivity contribution in [3.05, 3.63) is 35.0 Å². The average molecular weight is 245 g/mol. The summed E-state index contributed by atoms with van der Waals surface area (Å²) in [5.41, 5.74) is 0.267. The molecule has 1 nitrogen and oxygen atoms in total. The van der Waals surface area contributed by atoms with Crippen molar-refractivity contribution in [2.75, 3.05) is 0 Å². The first-order valence-corrected chi connectivity index (χ1v) is 3.85. The van der Waals surface area contributed by atoms with Crippen LogP contribution in [0.2, 0.25) is 5.02 Å². The molecule has 0 unspecified atom stereocenters. The molecule has 0 radical (unpaired) electrons. The number of hydrogen-bond acceptors (Lipinski definition) is 1. The molecule has 0 saturated carbocycles. The Morgan fingerprint density at radius 3 is 2.50 bits per heavy atom. The summed E-state index contributed by atoms with van der Waals surface area (Å²) in [4.78, 5) is 3.65. The Kier molecular flexibility index (Phi) is 6.60. The molecule has 1 aromatic rings. The largest absolute Gasteiger partial charge is 1.00 e. The van der Waals surface area contributed by atoms with Crippen LogP contribution in [0.15, 0.2) is 24.4 Å². The normalized spacial score (nSPS) is 11.4. The molecule has 0 bridgehead atoms. The summed E-state index contributed by atoms with van der Waals surface area (Å²) in [6, 6.07) is 1.44. The minimum absolute atomic E-state index is 0. The standard InChI is InChI=1S/C7H5BClF3N.K/c9-7-2-4-13-5-6(7)1-3-8(10,11)12;/h1-5H;/q-1;+1/b3-1+;. The van der Waals surface area contributed by atoms with Crippen LogP contribution in [0.3, 0.4) is 0 Å². The van der Waals surface area contributed by atoms with Gasteiger partial charge in [-0.05, 0) is 6.07 Å². The Bertz CT molecular complexity index is 329. The van der Waals surface area contributed by atoms with Gasteiger partial charge in [-0.2, -0.15) is 0 Å². The van der Waals surface area contributed by atoms with Crippen molar-refractivity contribution in [2.45, 2.75) is 0 Å². The maximum atomic E-state index is 11.8. The molecule has 0 aliphatic carbocycles. The van der Waals surface area contributed by atoms with Crippen molar-refractivity contribution in [2.24, 2.45) is 0 Å². The van der Waals surface area contributed by atoms with Crippen molar-refractivity contribution in [1.82, 2.24) is 4.98 Å². The molecule has 0 N–H and O–H groups in total. The van der Waals surface area contributed by atoms with Crippen LogP contribution in [-0.2, 0) is 0 Å². The number of nitrogens with zero attached hydrogens (tertiary/aromatic N) is 1. The zero-order chi connectivity index (χ0) is 9.90. The van der Waals surface area contributed by atoms with E-state index in [1.807, 2.05) is 0 Å². The molecule has 14 heavy (non-hydrogen) atoms. The van der Waals surface area contributed by atoms with E-state index in [1.54, 1.807) is 0 Å². The molecule has 0 amide bonds. The summed E-state index contributed by atoms with van der Waals surface area (Å²) in [5.74, 6) is 0.183. The Morgan fingerprint density at radius 2 is 2.00 bits per heavy atom. The van der Waals surface area contributed by atoms with Crippen molar-refractivity contribution in [3.8, 4) is 0 Å². The van der Waals surface area contributed by atoms with E-state index in [-0.39, 0.29) is 67.9 Å². The van der Waals surface area contributed by atoms with Crippen LogP contribution in [0.1, 0.15) is 5.56 Å². The minimum atomic E-state index is -4.91. The maximum Gasteiger partial charge on any atom is 1.00 e. The Balaban J connectivity index is 0.00000169. The third-order valence-electron chi connectivity index (χ3n) is 1.29. The fourth-order valence-corrected chi connectivity index (χ4v) is 0.893. The topological polar surface area (TPSA) is 12.9 Å². The Morgan fingerprint density at radius 1 is 1.36 bits per heavy atom. The van der Waals surface area contributed by atoms with Gasteiger partial charge in [-0.3, -0.25) is 4.98 Å². The fourth-order valence-electron chi connectivity index (χ4n) is 0.725. The van der Waals surface area contributed by atoms with E-state index in [9.17, 15) is 12.9 Å². The molecule has 1 heterocycles. The third kappa shape index (κ3) is 5.53. The van der Waals surface area contributed by atoms with Gasteiger partial charge in [0.25, 0.3) is 0 Å². The van der Waals surface area contributed by atoms with Crippen LogP contribution in [-0.4, -0.2) is 12.0 Å². The molecule has 0 saturated heterocycles. The van der Waals surface area contributed by atoms with Gasteiger partial charge in [0.2, 0.25) is 0 Å². The SMILES string of the molecule is F[B-](F)(F)/C=C/c1cnccc1Cl.[K+]. The Labute approximate surface area is 127 Å². The summed E-state index contributed by atoms with van der Waals surface area (Å²) in [7, 11) is 0. The molecule has 0 atom stereocenters. The molecular weight excluding hydrogens is 240 g/mol. The Hall–Kier alpha value is 0.671. The van der Waals surface area contributed by atoms with E-state index in [2.05, 4.69) is 4.98 Å². The number of halogens is 4. The molecule has 0 aliphatic heterocycles. The first-order chi connectivity index (χ1) is 5.99. The van der Waals surface area contributed by atoms with E-state index < -0.39 is 6.98 Å². The second kappa shape index (κ2) is 6.30. The van der Waals surface area contributed by atoms with Crippen molar-refractivity contribution in [1.29, 1.82) is 0 Å². The van der Waals surface area contributed by atoms with Gasteiger partial charge in [-0.25, -0.2) is 0 Å². The quantitative estimate of drug-likeness (QED) is 0.676. The molecule has 70 valence electrons. The van der Waals surface area contributed by atoms with Gasteiger partial charge in [0.1, 0.15) is 0 Å². The van der Waals surface area contributed by atoms with Gasteiger partial charge in [0.05, 0.1) is 5.02 Å². The van der Waals surface area contributed by atoms with Crippen LogP contribution in [0, 0.1) is 0 Å². The maximum absolute atomic E-state index is 11.8. The van der Waals surface area contributed by atoms with Crippen LogP contribution in [0.4, 0.5) is 12.9 Å². The minimum Gasteiger partial charge on any atom is -0.445 e. The summed E-state index contributed by atoms with van der Waals surface area (Å²) >= 11 is 5.60. The van der Waals surface area contributed by atoms with Crippen LogP contribution in [0.5, 0.6) is 0 Å². The zero-order valence-electron chi connectivity index (χ0n) is 7.42. The summed E-state index contributed by atoms with van der Waals surface area (Å²) in [6.45, 7) is -4.91. The van der Waals surface area contributed by atoms with Crippen molar-refractivity contribution < 1.29 is 64.3 Å². The molecule has 0 spiro atoms. The monoisotopic (exact) mass is 245 g/mol. The summed E-state index contributed by atoms with van der Waals surface area (Å²) in [5, 5.41) is 0.256. The van der Waals surface area contributed by atoms with Crippen LogP contribution < -0.4 is 51.4 Å². The van der Waals surface area contributed by atoms with E-state index in [0.717, 1.165) is 6.08 Å². The number of pyridine rings is 1. The van der Waals surface area contributed by atoms with Gasteiger partial charge in [-0.15, -0.1) is 5.98 Å². The molecule has 7 heteroatoms. The number of hydrogen-bond donors (Lipinski definition) is 0. The zero-order valence-corrected chi connectivity index (χ0v) is 11.3. The average Bonchev–Trinajstić information content (AvgIpc) is 2.01. The summed E-state index contributed by atoms with van der Waals surface area (Å²) < 4.78 is 35.4. The van der Waals surface area contributed by atoms with E-state index in [0.29, 0.717) is 0 Å². The molecule has 0 fully saturated rings. The van der Waals surface area contributed by atoms with Gasteiger partial charge in [0.15, 0.2) is 0 Å². The van der Waals surface area contributed by atoms with Crippen molar-refractivity contribution in [3.63, 3.8) is 0 Å². The predicted molar refractivity (Wildman–Crippen MR) is 47.4 cm³/mol. The van der Waals surface area contributed by atoms with Gasteiger partial charge in [0, 0.05) is 18.0 Å². The molecular formula is C7H5BClF3KN. The number of rotatable bonds is 2. The molecule has 1 rings (SSSR count). The smallest absolute Gasteiger partial charge is 0.445 e. The fraction of sp³-hybridized carbons (Fsp3) is 0. The summed E-state index contributed by atoms with van der Waals surface area (Å²) in [6.07, 6.45) is 3.61. The predicted octanol–water partition coefficient (Wildman–Crippen LogP) is 0.139. The van der Waals surface area contributed by atoms with Gasteiger partial charge < -0.3 is 12.9 Å². The van der Waals surface area contributed by atoms with Crippen LogP contribution in [0.25, 0.3) is 6.08 Å². The van der Waals surface area contributed by atoms with Crippen LogP contribution >= 0.6 is 11.6 Å². The van der Waals surface area contributed by atoms with E-state index in [1.165, 1.54) is 18.5 Å². The van der Waals surface area contributed by atoms with E-state index >= 15 is 0 Å². The third-order valence-corrected chi connectivity index (χ3v) is 1.63. The van der Waals surface area contributed by atoms with E-state index in [4.69, 9.17) is 11.6 Å². The first kappa shape index (κ1) is 14.7. The molecule has 0 aromatic carbocycles. The van der Waals surface area contributed by atoms with Crippen molar-refractivity contribution >= 4 is 24.7 Å².